The van der Waals surface area contributed by atoms with E-state index in [4.69, 9.17) is 0 Å². The summed E-state index contributed by atoms with van der Waals surface area (Å²) < 4.78 is 0. The molecular weight excluding hydrogens is 226 g/mol. The highest BCUT2D eigenvalue weighted by atomic mass is 16.2. The van der Waals surface area contributed by atoms with Crippen molar-refractivity contribution in [3.05, 3.63) is 42.7 Å². The monoisotopic (exact) mass is 239 g/mol. The van der Waals surface area contributed by atoms with E-state index in [1.165, 1.54) is 0 Å². The van der Waals surface area contributed by atoms with Crippen molar-refractivity contribution in [2.75, 3.05) is 11.4 Å². The summed E-state index contributed by atoms with van der Waals surface area (Å²) in [5.74, 6) is 0.786. The molecule has 0 spiro atoms. The topological polar surface area (TPSA) is 46.1 Å². The number of rotatable bonds is 2. The highest BCUT2D eigenvalue weighted by Gasteiger charge is 2.22. The van der Waals surface area contributed by atoms with Crippen LogP contribution in [0.1, 0.15) is 12.8 Å². The molecule has 90 valence electrons. The lowest BCUT2D eigenvalue weighted by molar-refractivity contribution is -0.117. The Morgan fingerprint density at radius 1 is 1.06 bits per heavy atom. The van der Waals surface area contributed by atoms with E-state index in [-0.39, 0.29) is 5.91 Å². The number of hydrogen-bond donors (Lipinski definition) is 0. The van der Waals surface area contributed by atoms with Gasteiger partial charge in [-0.15, -0.1) is 0 Å². The summed E-state index contributed by atoms with van der Waals surface area (Å²) in [6.07, 6.45) is 4.91. The highest BCUT2D eigenvalue weighted by Crippen LogP contribution is 2.20. The molecule has 2 heterocycles. The second-order valence-corrected chi connectivity index (χ2v) is 4.27. The predicted octanol–water partition coefficient (Wildman–Crippen LogP) is 2.27. The van der Waals surface area contributed by atoms with Crippen LogP contribution in [-0.4, -0.2) is 22.4 Å². The zero-order valence-electron chi connectivity index (χ0n) is 9.91. The van der Waals surface area contributed by atoms with Gasteiger partial charge in [0.1, 0.15) is 0 Å². The Bertz CT molecular complexity index is 551. The minimum Gasteiger partial charge on any atom is -0.296 e. The van der Waals surface area contributed by atoms with E-state index in [2.05, 4.69) is 9.97 Å². The van der Waals surface area contributed by atoms with Gasteiger partial charge in [-0.2, -0.15) is 0 Å². The van der Waals surface area contributed by atoms with Crippen LogP contribution in [0.4, 0.5) is 5.82 Å². The van der Waals surface area contributed by atoms with Crippen LogP contribution in [0.3, 0.4) is 0 Å². The Labute approximate surface area is 105 Å². The maximum atomic E-state index is 11.6. The molecule has 0 atom stereocenters. The lowest BCUT2D eigenvalue weighted by Gasteiger charge is -2.13. The zero-order valence-corrected chi connectivity index (χ0v) is 9.91. The van der Waals surface area contributed by atoms with E-state index < -0.39 is 0 Å². The fourth-order valence-corrected chi connectivity index (χ4v) is 2.11. The molecule has 1 saturated heterocycles. The molecule has 1 aromatic carbocycles. The number of anilines is 1. The summed E-state index contributed by atoms with van der Waals surface area (Å²) in [7, 11) is 0. The number of carbonyl (C=O) groups is 1. The van der Waals surface area contributed by atoms with Crippen molar-refractivity contribution in [3.8, 4) is 11.3 Å². The minimum absolute atomic E-state index is 0.136. The van der Waals surface area contributed by atoms with Crippen molar-refractivity contribution in [2.24, 2.45) is 0 Å². The molecule has 3 rings (SSSR count). The first-order chi connectivity index (χ1) is 8.84. The van der Waals surface area contributed by atoms with Crippen LogP contribution in [0.5, 0.6) is 0 Å². The van der Waals surface area contributed by atoms with Crippen molar-refractivity contribution in [3.63, 3.8) is 0 Å². The van der Waals surface area contributed by atoms with Crippen molar-refractivity contribution >= 4 is 11.7 Å². The van der Waals surface area contributed by atoms with E-state index in [9.17, 15) is 4.79 Å². The van der Waals surface area contributed by atoms with Gasteiger partial charge in [0.05, 0.1) is 18.1 Å². The fourth-order valence-electron chi connectivity index (χ4n) is 2.11. The van der Waals surface area contributed by atoms with Crippen molar-refractivity contribution in [2.45, 2.75) is 12.8 Å². The summed E-state index contributed by atoms with van der Waals surface area (Å²) in [5, 5.41) is 0. The smallest absolute Gasteiger partial charge is 0.228 e. The predicted molar refractivity (Wildman–Crippen MR) is 69.1 cm³/mol. The van der Waals surface area contributed by atoms with Crippen LogP contribution < -0.4 is 4.90 Å². The third kappa shape index (κ3) is 1.97. The minimum atomic E-state index is 0.136. The van der Waals surface area contributed by atoms with Gasteiger partial charge in [0.15, 0.2) is 5.82 Å². The molecule has 4 nitrogen and oxygen atoms in total. The Hall–Kier alpha value is -2.23. The number of benzene rings is 1. The van der Waals surface area contributed by atoms with Gasteiger partial charge in [-0.1, -0.05) is 30.3 Å². The standard InChI is InChI=1S/C14H13N3O/c18-14-7-4-8-17(14)13-10-15-12(9-16-13)11-5-2-1-3-6-11/h1-3,5-6,9-10H,4,7-8H2. The summed E-state index contributed by atoms with van der Waals surface area (Å²) in [4.78, 5) is 22.0. The Balaban J connectivity index is 1.87. The molecule has 1 amide bonds. The van der Waals surface area contributed by atoms with Crippen molar-refractivity contribution in [1.82, 2.24) is 9.97 Å². The molecule has 1 aliphatic heterocycles. The fraction of sp³-hybridized carbons (Fsp3) is 0.214. The summed E-state index contributed by atoms with van der Waals surface area (Å²) in [6.45, 7) is 0.748. The van der Waals surface area contributed by atoms with Crippen LogP contribution in [0.25, 0.3) is 11.3 Å². The molecule has 0 unspecified atom stereocenters. The molecule has 0 saturated carbocycles. The van der Waals surface area contributed by atoms with Crippen molar-refractivity contribution < 1.29 is 4.79 Å². The number of amides is 1. The van der Waals surface area contributed by atoms with Crippen LogP contribution in [0.15, 0.2) is 42.7 Å². The molecule has 0 N–H and O–H groups in total. The summed E-state index contributed by atoms with van der Waals surface area (Å²) >= 11 is 0. The normalized spacial score (nSPS) is 15.1. The molecule has 18 heavy (non-hydrogen) atoms. The SMILES string of the molecule is O=C1CCCN1c1cnc(-c2ccccc2)cn1. The largest absolute Gasteiger partial charge is 0.296 e. The van der Waals surface area contributed by atoms with E-state index in [0.717, 1.165) is 24.2 Å². The Morgan fingerprint density at radius 3 is 2.50 bits per heavy atom. The molecule has 1 fully saturated rings. The van der Waals surface area contributed by atoms with Crippen LogP contribution in [0.2, 0.25) is 0 Å². The first kappa shape index (κ1) is 10.9. The quantitative estimate of drug-likeness (QED) is 0.807. The van der Waals surface area contributed by atoms with Gasteiger partial charge in [-0.05, 0) is 6.42 Å². The van der Waals surface area contributed by atoms with E-state index in [1.54, 1.807) is 17.3 Å². The molecule has 1 aromatic heterocycles. The second kappa shape index (κ2) is 4.56. The van der Waals surface area contributed by atoms with Gasteiger partial charge in [-0.25, -0.2) is 4.98 Å². The third-order valence-corrected chi connectivity index (χ3v) is 3.06. The third-order valence-electron chi connectivity index (χ3n) is 3.06. The lowest BCUT2D eigenvalue weighted by Crippen LogP contribution is -2.24. The molecule has 0 bridgehead atoms. The molecule has 1 aliphatic rings. The van der Waals surface area contributed by atoms with Gasteiger partial charge < -0.3 is 0 Å². The molecule has 0 aliphatic carbocycles. The number of carbonyl (C=O) groups excluding carboxylic acids is 1. The highest BCUT2D eigenvalue weighted by molar-refractivity contribution is 5.94. The Morgan fingerprint density at radius 2 is 1.89 bits per heavy atom. The maximum Gasteiger partial charge on any atom is 0.228 e. The lowest BCUT2D eigenvalue weighted by atomic mass is 10.2. The average Bonchev–Trinajstić information content (AvgIpc) is 2.86. The van der Waals surface area contributed by atoms with Crippen LogP contribution in [-0.2, 0) is 4.79 Å². The molecule has 4 heteroatoms. The average molecular weight is 239 g/mol. The summed E-state index contributed by atoms with van der Waals surface area (Å²) in [6, 6.07) is 9.88. The Kier molecular flexibility index (Phi) is 2.76. The zero-order chi connectivity index (χ0) is 12.4. The van der Waals surface area contributed by atoms with E-state index >= 15 is 0 Å². The van der Waals surface area contributed by atoms with Gasteiger partial charge in [0.25, 0.3) is 0 Å². The van der Waals surface area contributed by atoms with Gasteiger partial charge in [-0.3, -0.25) is 14.7 Å². The van der Waals surface area contributed by atoms with Crippen LogP contribution in [0, 0.1) is 0 Å². The van der Waals surface area contributed by atoms with E-state index in [1.807, 2.05) is 30.3 Å². The van der Waals surface area contributed by atoms with Gasteiger partial charge in [0.2, 0.25) is 5.91 Å². The van der Waals surface area contributed by atoms with Gasteiger partial charge in [0, 0.05) is 18.5 Å². The summed E-state index contributed by atoms with van der Waals surface area (Å²) in [5.41, 5.74) is 1.86. The number of aromatic nitrogens is 2. The van der Waals surface area contributed by atoms with Gasteiger partial charge >= 0.3 is 0 Å². The molecular formula is C14H13N3O. The first-order valence-corrected chi connectivity index (χ1v) is 6.02. The van der Waals surface area contributed by atoms with Crippen LogP contribution >= 0.6 is 0 Å². The van der Waals surface area contributed by atoms with Crippen molar-refractivity contribution in [1.29, 1.82) is 0 Å². The van der Waals surface area contributed by atoms with E-state index in [0.29, 0.717) is 12.2 Å². The second-order valence-electron chi connectivity index (χ2n) is 4.27. The maximum absolute atomic E-state index is 11.6. The number of nitrogens with zero attached hydrogens (tertiary/aromatic N) is 3. The number of hydrogen-bond acceptors (Lipinski definition) is 3. The first-order valence-electron chi connectivity index (χ1n) is 6.02. The molecule has 2 aromatic rings. The molecule has 0 radical (unpaired) electrons.